The fraction of sp³-hybridized carbons (Fsp3) is 0.769. The first-order valence-corrected chi connectivity index (χ1v) is 7.48. The lowest BCUT2D eigenvalue weighted by Crippen LogP contribution is -2.16. The van der Waals surface area contributed by atoms with Gasteiger partial charge in [0.25, 0.3) is 0 Å². The Morgan fingerprint density at radius 2 is 2.26 bits per heavy atom. The van der Waals surface area contributed by atoms with Crippen LogP contribution in [0.3, 0.4) is 0 Å². The van der Waals surface area contributed by atoms with Gasteiger partial charge in [0.1, 0.15) is 0 Å². The molecule has 1 aliphatic heterocycles. The first kappa shape index (κ1) is 14.9. The van der Waals surface area contributed by atoms with Crippen LogP contribution in [0.25, 0.3) is 0 Å². The molecule has 1 aliphatic rings. The molecule has 0 radical (unpaired) electrons. The first-order chi connectivity index (χ1) is 9.33. The number of nitrogens with zero attached hydrogens (tertiary/aromatic N) is 1. The summed E-state index contributed by atoms with van der Waals surface area (Å²) in [6, 6.07) is 0.337. The molecule has 0 amide bonds. The molecule has 2 rings (SSSR count). The summed E-state index contributed by atoms with van der Waals surface area (Å²) in [7, 11) is 3.44. The molecule has 1 N–H and O–H groups in total. The van der Waals surface area contributed by atoms with Crippen molar-refractivity contribution >= 4 is 11.3 Å². The van der Waals surface area contributed by atoms with Gasteiger partial charge in [-0.2, -0.15) is 0 Å². The van der Waals surface area contributed by atoms with Crippen molar-refractivity contribution in [3.63, 3.8) is 0 Å². The number of hydrogen-bond donors (Lipinski definition) is 1. The number of nitrogens with one attached hydrogen (secondary N) is 1. The minimum atomic E-state index is 0.313. The Hall–Kier alpha value is -0.530. The van der Waals surface area contributed by atoms with Gasteiger partial charge in [-0.15, -0.1) is 11.3 Å². The van der Waals surface area contributed by atoms with E-state index in [2.05, 4.69) is 15.7 Å². The van der Waals surface area contributed by atoms with Crippen molar-refractivity contribution in [2.45, 2.75) is 25.0 Å². The summed E-state index contributed by atoms with van der Waals surface area (Å²) in [4.78, 5) is 4.67. The molecule has 0 aliphatic carbocycles. The van der Waals surface area contributed by atoms with E-state index in [4.69, 9.17) is 14.2 Å². The molecule has 6 heteroatoms. The van der Waals surface area contributed by atoms with Crippen LogP contribution >= 0.6 is 11.3 Å². The highest BCUT2D eigenvalue weighted by Gasteiger charge is 2.26. The molecule has 19 heavy (non-hydrogen) atoms. The SMILES string of the molecule is COCCOCCc1nc(C2CC(OC)CN2)cs1. The van der Waals surface area contributed by atoms with Crippen molar-refractivity contribution in [2.75, 3.05) is 40.6 Å². The second kappa shape index (κ2) is 7.91. The minimum absolute atomic E-state index is 0.313. The van der Waals surface area contributed by atoms with Crippen molar-refractivity contribution in [3.05, 3.63) is 16.1 Å². The Kier molecular flexibility index (Phi) is 6.19. The lowest BCUT2D eigenvalue weighted by Gasteiger charge is -2.06. The summed E-state index contributed by atoms with van der Waals surface area (Å²) in [6.45, 7) is 2.91. The first-order valence-electron chi connectivity index (χ1n) is 6.60. The van der Waals surface area contributed by atoms with Gasteiger partial charge in [-0.05, 0) is 6.42 Å². The van der Waals surface area contributed by atoms with Crippen molar-refractivity contribution in [1.29, 1.82) is 0 Å². The molecule has 1 fully saturated rings. The molecule has 1 saturated heterocycles. The molecule has 0 bridgehead atoms. The minimum Gasteiger partial charge on any atom is -0.382 e. The highest BCUT2D eigenvalue weighted by atomic mass is 32.1. The summed E-state index contributed by atoms with van der Waals surface area (Å²) in [5.41, 5.74) is 1.14. The normalized spacial score (nSPS) is 23.1. The van der Waals surface area contributed by atoms with Gasteiger partial charge < -0.3 is 19.5 Å². The summed E-state index contributed by atoms with van der Waals surface area (Å²) >= 11 is 1.71. The van der Waals surface area contributed by atoms with Crippen LogP contribution in [-0.2, 0) is 20.6 Å². The number of aromatic nitrogens is 1. The average Bonchev–Trinajstić information content (AvgIpc) is 3.07. The third kappa shape index (κ3) is 4.50. The lowest BCUT2D eigenvalue weighted by molar-refractivity contribution is 0.0722. The van der Waals surface area contributed by atoms with E-state index in [1.807, 2.05) is 0 Å². The average molecular weight is 286 g/mol. The molecule has 1 aromatic rings. The van der Waals surface area contributed by atoms with Crippen LogP contribution in [0.4, 0.5) is 0 Å². The Morgan fingerprint density at radius 3 is 3.00 bits per heavy atom. The summed E-state index contributed by atoms with van der Waals surface area (Å²) in [6.07, 6.45) is 2.19. The maximum Gasteiger partial charge on any atom is 0.0951 e. The lowest BCUT2D eigenvalue weighted by atomic mass is 10.1. The van der Waals surface area contributed by atoms with E-state index in [0.717, 1.165) is 30.1 Å². The van der Waals surface area contributed by atoms with Crippen LogP contribution in [0.15, 0.2) is 5.38 Å². The second-order valence-corrected chi connectivity index (χ2v) is 5.52. The molecule has 5 nitrogen and oxygen atoms in total. The summed E-state index contributed by atoms with van der Waals surface area (Å²) in [5.74, 6) is 0. The van der Waals surface area contributed by atoms with Gasteiger partial charge in [0.05, 0.1) is 42.7 Å². The van der Waals surface area contributed by atoms with Gasteiger partial charge >= 0.3 is 0 Å². The van der Waals surface area contributed by atoms with E-state index < -0.39 is 0 Å². The Labute approximate surface area is 118 Å². The zero-order valence-corrected chi connectivity index (χ0v) is 12.4. The van der Waals surface area contributed by atoms with E-state index >= 15 is 0 Å². The van der Waals surface area contributed by atoms with Gasteiger partial charge in [0.15, 0.2) is 0 Å². The third-order valence-electron chi connectivity index (χ3n) is 3.24. The molecular weight excluding hydrogens is 264 g/mol. The topological polar surface area (TPSA) is 52.6 Å². The number of rotatable bonds is 8. The highest BCUT2D eigenvalue weighted by Crippen LogP contribution is 2.26. The van der Waals surface area contributed by atoms with Crippen molar-refractivity contribution in [1.82, 2.24) is 10.3 Å². The van der Waals surface area contributed by atoms with Crippen molar-refractivity contribution in [3.8, 4) is 0 Å². The van der Waals surface area contributed by atoms with Gasteiger partial charge in [-0.1, -0.05) is 0 Å². The van der Waals surface area contributed by atoms with E-state index in [1.54, 1.807) is 25.6 Å². The molecular formula is C13H22N2O3S. The predicted octanol–water partition coefficient (Wildman–Crippen LogP) is 1.40. The molecule has 2 heterocycles. The quantitative estimate of drug-likeness (QED) is 0.732. The monoisotopic (exact) mass is 286 g/mol. The van der Waals surface area contributed by atoms with Crippen LogP contribution in [0, 0.1) is 0 Å². The standard InChI is InChI=1S/C13H22N2O3S/c1-16-5-6-18-4-3-13-15-12(9-19-13)11-7-10(17-2)8-14-11/h9-11,14H,3-8H2,1-2H3. The largest absolute Gasteiger partial charge is 0.382 e. The number of methoxy groups -OCH3 is 2. The second-order valence-electron chi connectivity index (χ2n) is 4.58. The zero-order valence-electron chi connectivity index (χ0n) is 11.6. The smallest absolute Gasteiger partial charge is 0.0951 e. The van der Waals surface area contributed by atoms with Crippen LogP contribution in [-0.4, -0.2) is 51.7 Å². The highest BCUT2D eigenvalue weighted by molar-refractivity contribution is 7.09. The van der Waals surface area contributed by atoms with Crippen molar-refractivity contribution in [2.24, 2.45) is 0 Å². The van der Waals surface area contributed by atoms with Crippen molar-refractivity contribution < 1.29 is 14.2 Å². The summed E-state index contributed by atoms with van der Waals surface area (Å²) < 4.78 is 15.7. The van der Waals surface area contributed by atoms with E-state index in [0.29, 0.717) is 32.0 Å². The number of thiazole rings is 1. The molecule has 0 saturated carbocycles. The van der Waals surface area contributed by atoms with E-state index in [9.17, 15) is 0 Å². The van der Waals surface area contributed by atoms with Crippen LogP contribution in [0.1, 0.15) is 23.2 Å². The zero-order chi connectivity index (χ0) is 13.5. The maximum absolute atomic E-state index is 5.45. The molecule has 2 unspecified atom stereocenters. The molecule has 0 aromatic carbocycles. The molecule has 2 atom stereocenters. The van der Waals surface area contributed by atoms with E-state index in [-0.39, 0.29) is 0 Å². The fourth-order valence-electron chi connectivity index (χ4n) is 2.11. The fourth-order valence-corrected chi connectivity index (χ4v) is 2.94. The van der Waals surface area contributed by atoms with Gasteiger partial charge in [0, 0.05) is 32.6 Å². The van der Waals surface area contributed by atoms with Gasteiger partial charge in [-0.25, -0.2) is 4.98 Å². The number of hydrogen-bond acceptors (Lipinski definition) is 6. The number of ether oxygens (including phenoxy) is 3. The maximum atomic E-state index is 5.45. The Bertz CT molecular complexity index is 373. The molecule has 108 valence electrons. The van der Waals surface area contributed by atoms with Gasteiger partial charge in [0.2, 0.25) is 0 Å². The third-order valence-corrected chi connectivity index (χ3v) is 4.17. The Morgan fingerprint density at radius 1 is 1.37 bits per heavy atom. The van der Waals surface area contributed by atoms with Gasteiger partial charge in [-0.3, -0.25) is 0 Å². The molecule has 1 aromatic heterocycles. The van der Waals surface area contributed by atoms with Crippen LogP contribution < -0.4 is 5.32 Å². The van der Waals surface area contributed by atoms with E-state index in [1.165, 1.54) is 0 Å². The Balaban J connectivity index is 1.73. The summed E-state index contributed by atoms with van der Waals surface area (Å²) in [5, 5.41) is 6.72. The molecule has 0 spiro atoms. The van der Waals surface area contributed by atoms with Crippen LogP contribution in [0.5, 0.6) is 0 Å². The predicted molar refractivity (Wildman–Crippen MR) is 74.7 cm³/mol. The van der Waals surface area contributed by atoms with Crippen LogP contribution in [0.2, 0.25) is 0 Å².